The van der Waals surface area contributed by atoms with Crippen LogP contribution in [0.5, 0.6) is 0 Å². The number of ether oxygens (including phenoxy) is 1. The van der Waals surface area contributed by atoms with Crippen LogP contribution in [0.4, 0.5) is 15.8 Å². The van der Waals surface area contributed by atoms with E-state index < -0.39 is 27.8 Å². The fourth-order valence-electron chi connectivity index (χ4n) is 1.52. The number of anilines is 2. The Morgan fingerprint density at radius 3 is 2.85 bits per heavy atom. The summed E-state index contributed by atoms with van der Waals surface area (Å²) in [5.74, 6) is -0.489. The van der Waals surface area contributed by atoms with Crippen molar-refractivity contribution in [1.82, 2.24) is 0 Å². The lowest BCUT2D eigenvalue weighted by Crippen LogP contribution is -2.30. The van der Waals surface area contributed by atoms with E-state index >= 15 is 0 Å². The first-order valence-corrected chi connectivity index (χ1v) is 7.56. The predicted octanol–water partition coefficient (Wildman–Crippen LogP) is 1.52. The number of benzene rings is 1. The van der Waals surface area contributed by atoms with Crippen LogP contribution in [0.25, 0.3) is 0 Å². The molecule has 0 heterocycles. The van der Waals surface area contributed by atoms with Crippen molar-refractivity contribution in [2.24, 2.45) is 0 Å². The zero-order valence-corrected chi connectivity index (χ0v) is 12.3. The largest absolute Gasteiger partial charge is 0.397 e. The smallest absolute Gasteiger partial charge is 0.239 e. The van der Waals surface area contributed by atoms with Crippen LogP contribution < -0.4 is 11.1 Å². The molecule has 0 aliphatic heterocycles. The molecule has 20 heavy (non-hydrogen) atoms. The van der Waals surface area contributed by atoms with Crippen LogP contribution in [0.3, 0.4) is 0 Å². The van der Waals surface area contributed by atoms with Gasteiger partial charge >= 0.3 is 0 Å². The van der Waals surface area contributed by atoms with E-state index in [1.54, 1.807) is 14.0 Å². The number of halogens is 1. The van der Waals surface area contributed by atoms with Crippen molar-refractivity contribution in [3.05, 3.63) is 24.0 Å². The van der Waals surface area contributed by atoms with Gasteiger partial charge in [-0.15, -0.1) is 0 Å². The maximum atomic E-state index is 12.9. The number of rotatable bonds is 7. The van der Waals surface area contributed by atoms with Crippen LogP contribution in [0.15, 0.2) is 18.2 Å². The number of nitrogen functional groups attached to an aromatic ring is 1. The second-order valence-electron chi connectivity index (χ2n) is 4.29. The zero-order valence-electron chi connectivity index (χ0n) is 11.5. The summed E-state index contributed by atoms with van der Waals surface area (Å²) in [6.45, 7) is 2.09. The van der Waals surface area contributed by atoms with Crippen molar-refractivity contribution in [3.63, 3.8) is 0 Å². The van der Waals surface area contributed by atoms with Crippen molar-refractivity contribution < 1.29 is 18.1 Å². The lowest BCUT2D eigenvalue weighted by molar-refractivity contribution is -0.115. The number of hydrogen-bond acceptors (Lipinski definition) is 4. The molecule has 0 saturated heterocycles. The number of carbonyl (C=O) groups is 1. The van der Waals surface area contributed by atoms with E-state index in [1.807, 2.05) is 0 Å². The summed E-state index contributed by atoms with van der Waals surface area (Å²) in [5, 5.41) is 1.88. The van der Waals surface area contributed by atoms with Gasteiger partial charge in [-0.3, -0.25) is 9.00 Å². The molecule has 5 nitrogen and oxygen atoms in total. The van der Waals surface area contributed by atoms with E-state index in [-0.39, 0.29) is 5.69 Å². The summed E-state index contributed by atoms with van der Waals surface area (Å²) >= 11 is 0. The van der Waals surface area contributed by atoms with Crippen molar-refractivity contribution in [1.29, 1.82) is 0 Å². The average Bonchev–Trinajstić information content (AvgIpc) is 2.41. The van der Waals surface area contributed by atoms with Gasteiger partial charge in [0.1, 0.15) is 11.1 Å². The number of amides is 1. The molecule has 0 aliphatic carbocycles. The molecule has 1 aromatic carbocycles. The third-order valence-corrected chi connectivity index (χ3v) is 4.42. The van der Waals surface area contributed by atoms with E-state index in [2.05, 4.69) is 5.32 Å². The summed E-state index contributed by atoms with van der Waals surface area (Å²) in [7, 11) is 0.278. The molecule has 3 N–H and O–H groups in total. The SMILES string of the molecule is COCCCS(=O)C(C)C(=O)Nc1ccc(F)cc1N. The van der Waals surface area contributed by atoms with Crippen molar-refractivity contribution in [3.8, 4) is 0 Å². The summed E-state index contributed by atoms with van der Waals surface area (Å²) in [6, 6.07) is 3.70. The lowest BCUT2D eigenvalue weighted by atomic mass is 10.2. The van der Waals surface area contributed by atoms with Gasteiger partial charge < -0.3 is 15.8 Å². The standard InChI is InChI=1S/C13H19FN2O3S/c1-9(20(18)7-3-6-19-2)13(17)16-12-5-4-10(14)8-11(12)15/h4-5,8-9H,3,6-7,15H2,1-2H3,(H,16,17). The van der Waals surface area contributed by atoms with Gasteiger partial charge in [0.05, 0.1) is 11.4 Å². The van der Waals surface area contributed by atoms with Gasteiger partial charge in [-0.2, -0.15) is 0 Å². The average molecular weight is 302 g/mol. The van der Waals surface area contributed by atoms with Crippen molar-refractivity contribution in [2.75, 3.05) is 30.5 Å². The summed E-state index contributed by atoms with van der Waals surface area (Å²) in [5.41, 5.74) is 6.05. The Morgan fingerprint density at radius 1 is 1.55 bits per heavy atom. The molecular formula is C13H19FN2O3S. The number of methoxy groups -OCH3 is 1. The van der Waals surface area contributed by atoms with Gasteiger partial charge in [0, 0.05) is 30.3 Å². The van der Waals surface area contributed by atoms with E-state index in [0.717, 1.165) is 6.07 Å². The molecule has 0 saturated carbocycles. The van der Waals surface area contributed by atoms with Gasteiger partial charge in [0.25, 0.3) is 0 Å². The van der Waals surface area contributed by atoms with Gasteiger partial charge in [0.2, 0.25) is 5.91 Å². The van der Waals surface area contributed by atoms with Gasteiger partial charge in [0.15, 0.2) is 0 Å². The van der Waals surface area contributed by atoms with E-state index in [4.69, 9.17) is 10.5 Å². The highest BCUT2D eigenvalue weighted by Gasteiger charge is 2.20. The van der Waals surface area contributed by atoms with Crippen LogP contribution in [0, 0.1) is 5.82 Å². The molecule has 1 aromatic rings. The number of hydrogen-bond donors (Lipinski definition) is 2. The third-order valence-electron chi connectivity index (χ3n) is 2.73. The molecule has 112 valence electrons. The molecule has 0 spiro atoms. The molecule has 1 rings (SSSR count). The minimum Gasteiger partial charge on any atom is -0.397 e. The fraction of sp³-hybridized carbons (Fsp3) is 0.462. The Kier molecular flexibility index (Phi) is 6.60. The van der Waals surface area contributed by atoms with Gasteiger partial charge in [-0.1, -0.05) is 0 Å². The molecule has 7 heteroatoms. The molecule has 0 bridgehead atoms. The minimum atomic E-state index is -1.29. The van der Waals surface area contributed by atoms with Gasteiger partial charge in [-0.05, 0) is 31.5 Å². The van der Waals surface area contributed by atoms with Crippen LogP contribution in [-0.2, 0) is 20.3 Å². The first-order chi connectivity index (χ1) is 9.45. The minimum absolute atomic E-state index is 0.135. The highest BCUT2D eigenvalue weighted by atomic mass is 32.2. The van der Waals surface area contributed by atoms with Crippen molar-refractivity contribution in [2.45, 2.75) is 18.6 Å². The van der Waals surface area contributed by atoms with Crippen LogP contribution >= 0.6 is 0 Å². The topological polar surface area (TPSA) is 81.4 Å². The van der Waals surface area contributed by atoms with Crippen LogP contribution in [-0.4, -0.2) is 34.8 Å². The maximum absolute atomic E-state index is 12.9. The zero-order chi connectivity index (χ0) is 15.1. The molecule has 1 amide bonds. The Bertz CT molecular complexity index is 497. The third kappa shape index (κ3) is 4.90. The highest BCUT2D eigenvalue weighted by molar-refractivity contribution is 7.86. The van der Waals surface area contributed by atoms with Gasteiger partial charge in [-0.25, -0.2) is 4.39 Å². The van der Waals surface area contributed by atoms with E-state index in [1.165, 1.54) is 12.1 Å². The molecular weight excluding hydrogens is 283 g/mol. The lowest BCUT2D eigenvalue weighted by Gasteiger charge is -2.13. The first-order valence-electron chi connectivity index (χ1n) is 6.17. The Balaban J connectivity index is 2.59. The van der Waals surface area contributed by atoms with E-state index in [0.29, 0.717) is 24.5 Å². The fourth-order valence-corrected chi connectivity index (χ4v) is 2.58. The maximum Gasteiger partial charge on any atom is 0.239 e. The summed E-state index contributed by atoms with van der Waals surface area (Å²) < 4.78 is 29.7. The molecule has 0 aliphatic rings. The Hall–Kier alpha value is -1.47. The molecule has 2 unspecified atom stereocenters. The first kappa shape index (κ1) is 16.6. The predicted molar refractivity (Wildman–Crippen MR) is 78.4 cm³/mol. The van der Waals surface area contributed by atoms with Crippen LogP contribution in [0.2, 0.25) is 0 Å². The van der Waals surface area contributed by atoms with Crippen molar-refractivity contribution >= 4 is 28.1 Å². The number of carbonyl (C=O) groups excluding carboxylic acids is 1. The highest BCUT2D eigenvalue weighted by Crippen LogP contribution is 2.19. The summed E-state index contributed by atoms with van der Waals surface area (Å²) in [6.07, 6.45) is 0.624. The second-order valence-corrected chi connectivity index (χ2v) is 6.17. The quantitative estimate of drug-likeness (QED) is 0.591. The molecule has 2 atom stereocenters. The normalized spacial score (nSPS) is 13.8. The molecule has 0 radical (unpaired) electrons. The Labute approximate surface area is 120 Å². The molecule has 0 fully saturated rings. The monoisotopic (exact) mass is 302 g/mol. The number of nitrogens with two attached hydrogens (primary N) is 1. The van der Waals surface area contributed by atoms with Crippen LogP contribution in [0.1, 0.15) is 13.3 Å². The molecule has 0 aromatic heterocycles. The number of nitrogens with one attached hydrogen (secondary N) is 1. The summed E-state index contributed by atoms with van der Waals surface area (Å²) in [4.78, 5) is 11.9. The Morgan fingerprint density at radius 2 is 2.25 bits per heavy atom. The van der Waals surface area contributed by atoms with E-state index in [9.17, 15) is 13.4 Å². The second kappa shape index (κ2) is 7.96.